The molecule has 1 fully saturated rings. The summed E-state index contributed by atoms with van der Waals surface area (Å²) in [5, 5.41) is 0. The summed E-state index contributed by atoms with van der Waals surface area (Å²) in [6, 6.07) is 0. The van der Waals surface area contributed by atoms with Crippen molar-refractivity contribution in [2.75, 3.05) is 0 Å². The molecule has 6 heteroatoms. The van der Waals surface area contributed by atoms with Gasteiger partial charge in [-0.2, -0.15) is 9.78 Å². The monoisotopic (exact) mass is 344 g/mol. The first kappa shape index (κ1) is 20.9. The van der Waals surface area contributed by atoms with Gasteiger partial charge in [-0.05, 0) is 24.7 Å². The highest BCUT2D eigenvalue weighted by Gasteiger charge is 2.59. The van der Waals surface area contributed by atoms with Gasteiger partial charge in [-0.15, -0.1) is 0 Å². The number of hydrogen-bond donors (Lipinski definition) is 0. The van der Waals surface area contributed by atoms with Gasteiger partial charge < -0.3 is 0 Å². The molecule has 0 spiro atoms. The summed E-state index contributed by atoms with van der Waals surface area (Å²) in [6.07, 6.45) is 5.21. The summed E-state index contributed by atoms with van der Waals surface area (Å²) in [4.78, 5) is 44.1. The van der Waals surface area contributed by atoms with Crippen molar-refractivity contribution in [3.05, 3.63) is 0 Å². The smallest absolute Gasteiger partial charge is 0.247 e. The highest BCUT2D eigenvalue weighted by atomic mass is 17.4. The number of carbonyl (C=O) groups excluding carboxylic acids is 2. The minimum Gasteiger partial charge on any atom is -0.247 e. The van der Waals surface area contributed by atoms with Crippen molar-refractivity contribution in [2.45, 2.75) is 92.3 Å². The highest BCUT2D eigenvalue weighted by molar-refractivity contribution is 5.81. The summed E-state index contributed by atoms with van der Waals surface area (Å²) in [7, 11) is 0. The van der Waals surface area contributed by atoms with Crippen LogP contribution in [0.2, 0.25) is 0 Å². The van der Waals surface area contributed by atoms with E-state index < -0.39 is 23.1 Å². The summed E-state index contributed by atoms with van der Waals surface area (Å²) in [5.74, 6) is -2.71. The third kappa shape index (κ3) is 4.48. The lowest BCUT2D eigenvalue weighted by atomic mass is 9.62. The van der Waals surface area contributed by atoms with Crippen LogP contribution in [0.3, 0.4) is 0 Å². The second-order valence-electron chi connectivity index (χ2n) is 7.55. The van der Waals surface area contributed by atoms with Crippen LogP contribution in [-0.2, 0) is 29.1 Å². The van der Waals surface area contributed by atoms with E-state index in [0.717, 1.165) is 25.7 Å². The van der Waals surface area contributed by atoms with Gasteiger partial charge in [-0.25, -0.2) is 19.4 Å². The zero-order valence-corrected chi connectivity index (χ0v) is 15.9. The molecule has 0 aromatic carbocycles. The van der Waals surface area contributed by atoms with E-state index in [1.807, 2.05) is 34.6 Å². The normalized spacial score (nSPS) is 18.6. The van der Waals surface area contributed by atoms with Gasteiger partial charge in [0, 0.05) is 6.42 Å². The summed E-state index contributed by atoms with van der Waals surface area (Å²) >= 11 is 0. The van der Waals surface area contributed by atoms with Crippen LogP contribution in [-0.4, -0.2) is 17.7 Å². The minimum atomic E-state index is -1.39. The molecule has 140 valence electrons. The number of unbranched alkanes of at least 4 members (excludes halogenated alkanes) is 2. The molecule has 0 amide bonds. The highest BCUT2D eigenvalue weighted by Crippen LogP contribution is 2.47. The maximum absolute atomic E-state index is 12.7. The molecule has 0 aromatic rings. The summed E-state index contributed by atoms with van der Waals surface area (Å²) in [6.45, 7) is 12.0. The Bertz CT molecular complexity index is 435. The number of hydrogen-bond acceptors (Lipinski definition) is 6. The van der Waals surface area contributed by atoms with Crippen molar-refractivity contribution in [1.82, 2.24) is 0 Å². The van der Waals surface area contributed by atoms with Crippen molar-refractivity contribution in [2.24, 2.45) is 10.8 Å². The molecule has 1 atom stereocenters. The Morgan fingerprint density at radius 3 is 1.96 bits per heavy atom. The molecule has 0 saturated carbocycles. The lowest BCUT2D eigenvalue weighted by molar-refractivity contribution is -0.275. The largest absolute Gasteiger partial charge is 0.420 e. The van der Waals surface area contributed by atoms with Crippen LogP contribution in [0.4, 0.5) is 0 Å². The standard InChI is InChI=1S/C18H32O6/c1-7-10-12-17(9-3,16(4,5)6)14(19)21-22-15(20)18(23-24-18)13-11-8-2/h7-13H2,1-6H3. The van der Waals surface area contributed by atoms with Crippen LogP contribution in [0.5, 0.6) is 0 Å². The molecule has 1 aliphatic heterocycles. The van der Waals surface area contributed by atoms with Crippen LogP contribution >= 0.6 is 0 Å². The first-order chi connectivity index (χ1) is 11.2. The molecule has 0 N–H and O–H groups in total. The van der Waals surface area contributed by atoms with Gasteiger partial charge in [-0.3, -0.25) is 0 Å². The van der Waals surface area contributed by atoms with Gasteiger partial charge in [0.25, 0.3) is 0 Å². The number of carbonyl (C=O) groups is 2. The van der Waals surface area contributed by atoms with E-state index in [0.29, 0.717) is 19.3 Å². The van der Waals surface area contributed by atoms with Crippen LogP contribution in [0.1, 0.15) is 86.5 Å². The maximum Gasteiger partial charge on any atom is 0.420 e. The summed E-state index contributed by atoms with van der Waals surface area (Å²) in [5.41, 5.74) is -1.02. The molecule has 1 rings (SSSR count). The third-order valence-corrected chi connectivity index (χ3v) is 5.04. The zero-order valence-electron chi connectivity index (χ0n) is 15.9. The molecule has 24 heavy (non-hydrogen) atoms. The van der Waals surface area contributed by atoms with Crippen LogP contribution < -0.4 is 0 Å². The quantitative estimate of drug-likeness (QED) is 0.349. The van der Waals surface area contributed by atoms with E-state index in [9.17, 15) is 9.59 Å². The molecule has 0 aromatic heterocycles. The van der Waals surface area contributed by atoms with Crippen LogP contribution in [0, 0.1) is 10.8 Å². The third-order valence-electron chi connectivity index (χ3n) is 5.04. The van der Waals surface area contributed by atoms with Crippen LogP contribution in [0.15, 0.2) is 0 Å². The average Bonchev–Trinajstić information content (AvgIpc) is 3.31. The molecule has 1 aliphatic rings. The van der Waals surface area contributed by atoms with Crippen molar-refractivity contribution in [3.8, 4) is 0 Å². The fourth-order valence-electron chi connectivity index (χ4n) is 3.05. The van der Waals surface area contributed by atoms with Gasteiger partial charge in [-0.1, -0.05) is 60.8 Å². The van der Waals surface area contributed by atoms with Gasteiger partial charge in [0.05, 0.1) is 5.41 Å². The average molecular weight is 344 g/mol. The second-order valence-corrected chi connectivity index (χ2v) is 7.55. The Balaban J connectivity index is 2.73. The van der Waals surface area contributed by atoms with Gasteiger partial charge in [0.1, 0.15) is 0 Å². The first-order valence-electron chi connectivity index (χ1n) is 8.99. The molecule has 1 heterocycles. The van der Waals surface area contributed by atoms with E-state index in [2.05, 4.69) is 6.92 Å². The Morgan fingerprint density at radius 2 is 1.54 bits per heavy atom. The van der Waals surface area contributed by atoms with E-state index in [1.165, 1.54) is 0 Å². The molecule has 0 bridgehead atoms. The van der Waals surface area contributed by atoms with Gasteiger partial charge in [0.2, 0.25) is 0 Å². The SMILES string of the molecule is CCCCC1(C(=O)OOC(=O)C(CC)(CCCC)C(C)(C)C)OO1. The van der Waals surface area contributed by atoms with E-state index in [4.69, 9.17) is 19.6 Å². The topological polar surface area (TPSA) is 77.7 Å². The molecule has 0 aliphatic carbocycles. The van der Waals surface area contributed by atoms with Crippen molar-refractivity contribution >= 4 is 11.9 Å². The fraction of sp³-hybridized carbons (Fsp3) is 0.889. The van der Waals surface area contributed by atoms with E-state index in [-0.39, 0.29) is 5.41 Å². The van der Waals surface area contributed by atoms with Crippen molar-refractivity contribution < 1.29 is 29.1 Å². The lowest BCUT2D eigenvalue weighted by Gasteiger charge is -2.41. The molecule has 0 radical (unpaired) electrons. The Morgan fingerprint density at radius 1 is 0.958 bits per heavy atom. The fourth-order valence-corrected chi connectivity index (χ4v) is 3.05. The van der Waals surface area contributed by atoms with Crippen molar-refractivity contribution in [1.29, 1.82) is 0 Å². The Kier molecular flexibility index (Phi) is 7.23. The van der Waals surface area contributed by atoms with Crippen molar-refractivity contribution in [3.63, 3.8) is 0 Å². The first-order valence-corrected chi connectivity index (χ1v) is 8.99. The summed E-state index contributed by atoms with van der Waals surface area (Å²) < 4.78 is 0. The maximum atomic E-state index is 12.7. The van der Waals surface area contributed by atoms with E-state index in [1.54, 1.807) is 0 Å². The number of rotatable bonds is 9. The second kappa shape index (κ2) is 8.30. The Hall–Kier alpha value is -1.14. The molecule has 1 unspecified atom stereocenters. The molecular weight excluding hydrogens is 312 g/mol. The molecule has 1 saturated heterocycles. The predicted octanol–water partition coefficient (Wildman–Crippen LogP) is 4.47. The Labute approximate surface area is 145 Å². The van der Waals surface area contributed by atoms with Gasteiger partial charge >= 0.3 is 17.7 Å². The predicted molar refractivity (Wildman–Crippen MR) is 88.3 cm³/mol. The lowest BCUT2D eigenvalue weighted by Crippen LogP contribution is -2.44. The van der Waals surface area contributed by atoms with Gasteiger partial charge in [0.15, 0.2) is 0 Å². The van der Waals surface area contributed by atoms with Crippen LogP contribution in [0.25, 0.3) is 0 Å². The molecule has 6 nitrogen and oxygen atoms in total. The molecular formula is C18H32O6. The van der Waals surface area contributed by atoms with E-state index >= 15 is 0 Å². The minimum absolute atomic E-state index is 0.313. The zero-order chi connectivity index (χ0) is 18.4.